The predicted molar refractivity (Wildman–Crippen MR) is 83.6 cm³/mol. The molecule has 128 valence electrons. The summed E-state index contributed by atoms with van der Waals surface area (Å²) in [5.74, 6) is -3.71. The Morgan fingerprint density at radius 3 is 2.46 bits per heavy atom. The van der Waals surface area contributed by atoms with Crippen LogP contribution in [0.25, 0.3) is 11.0 Å². The molecular formula is C17H16F3NO3. The van der Waals surface area contributed by atoms with Crippen molar-refractivity contribution in [1.82, 2.24) is 0 Å². The fourth-order valence-electron chi connectivity index (χ4n) is 2.94. The second kappa shape index (κ2) is 5.65. The smallest absolute Gasteiger partial charge is 0.251 e. The maximum Gasteiger partial charge on any atom is 0.251 e. The molecule has 1 aromatic heterocycles. The molecule has 3 rings (SSSR count). The summed E-state index contributed by atoms with van der Waals surface area (Å²) in [6.45, 7) is 2.83. The summed E-state index contributed by atoms with van der Waals surface area (Å²) in [7, 11) is 0. The van der Waals surface area contributed by atoms with Crippen LogP contribution in [0.5, 0.6) is 0 Å². The molecule has 1 aliphatic rings. The van der Waals surface area contributed by atoms with Crippen LogP contribution in [0.1, 0.15) is 35.7 Å². The summed E-state index contributed by atoms with van der Waals surface area (Å²) in [6.07, 6.45) is -0.672. The minimum absolute atomic E-state index is 0.00756. The number of nitrogens with zero attached hydrogens (tertiary/aromatic N) is 1. The van der Waals surface area contributed by atoms with Crippen molar-refractivity contribution in [2.45, 2.75) is 32.6 Å². The Morgan fingerprint density at radius 1 is 1.25 bits per heavy atom. The molecular weight excluding hydrogens is 323 g/mol. The average Bonchev–Trinajstić information content (AvgIpc) is 2.51. The van der Waals surface area contributed by atoms with Gasteiger partial charge in [-0.25, -0.2) is 13.2 Å². The first-order valence-electron chi connectivity index (χ1n) is 7.60. The Bertz CT molecular complexity index is 879. The number of benzene rings is 1. The highest BCUT2D eigenvalue weighted by Gasteiger charge is 2.35. The molecule has 0 amide bonds. The Labute approximate surface area is 135 Å². The highest BCUT2D eigenvalue weighted by atomic mass is 19.3. The maximum atomic E-state index is 13.7. The molecule has 2 heterocycles. The molecule has 1 fully saturated rings. The van der Waals surface area contributed by atoms with Crippen molar-refractivity contribution in [3.8, 4) is 0 Å². The minimum Gasteiger partial charge on any atom is -0.439 e. The Hall–Kier alpha value is -2.31. The van der Waals surface area contributed by atoms with Crippen molar-refractivity contribution in [1.29, 1.82) is 0 Å². The molecule has 0 radical (unpaired) electrons. The largest absolute Gasteiger partial charge is 0.439 e. The number of halogens is 3. The number of hydrogen-bond donors (Lipinski definition) is 0. The first-order chi connectivity index (χ1) is 11.2. The number of Topliss-reactive ketones (excluding diaryl/α,β-unsaturated/α-hetero) is 1. The molecule has 0 bridgehead atoms. The standard InChI is InChI=1S/C17H16F3NO3/c1-9-14(23)13-8-11(18)7-12(10(2)22)15(13)24-16(9)21-5-3-17(19,20)4-6-21/h7-8H,3-6H2,1-2H3. The summed E-state index contributed by atoms with van der Waals surface area (Å²) >= 11 is 0. The minimum atomic E-state index is -2.73. The summed E-state index contributed by atoms with van der Waals surface area (Å²) < 4.78 is 46.1. The monoisotopic (exact) mass is 339 g/mol. The van der Waals surface area contributed by atoms with Crippen molar-refractivity contribution < 1.29 is 22.4 Å². The number of carbonyl (C=O) groups is 1. The molecule has 1 aromatic carbocycles. The number of rotatable bonds is 2. The van der Waals surface area contributed by atoms with E-state index in [1.54, 1.807) is 4.90 Å². The van der Waals surface area contributed by atoms with E-state index < -0.39 is 23.0 Å². The molecule has 2 aromatic rings. The van der Waals surface area contributed by atoms with Crippen molar-refractivity contribution in [2.75, 3.05) is 18.0 Å². The van der Waals surface area contributed by atoms with E-state index in [1.807, 2.05) is 0 Å². The Morgan fingerprint density at radius 2 is 1.88 bits per heavy atom. The second-order valence-electron chi connectivity index (χ2n) is 6.09. The number of piperidine rings is 1. The zero-order valence-electron chi connectivity index (χ0n) is 13.3. The van der Waals surface area contributed by atoms with E-state index in [0.717, 1.165) is 12.1 Å². The van der Waals surface area contributed by atoms with Crippen molar-refractivity contribution in [3.05, 3.63) is 39.3 Å². The molecule has 0 atom stereocenters. The predicted octanol–water partition coefficient (Wildman–Crippen LogP) is 3.68. The van der Waals surface area contributed by atoms with Crippen LogP contribution in [-0.4, -0.2) is 24.8 Å². The zero-order valence-corrected chi connectivity index (χ0v) is 13.3. The first kappa shape index (κ1) is 16.5. The van der Waals surface area contributed by atoms with Gasteiger partial charge in [-0.3, -0.25) is 9.59 Å². The van der Waals surface area contributed by atoms with Gasteiger partial charge in [-0.15, -0.1) is 0 Å². The summed E-state index contributed by atoms with van der Waals surface area (Å²) in [5, 5.41) is -0.0243. The van der Waals surface area contributed by atoms with E-state index >= 15 is 0 Å². The lowest BCUT2D eigenvalue weighted by molar-refractivity contribution is -0.0225. The van der Waals surface area contributed by atoms with Gasteiger partial charge in [0.15, 0.2) is 16.8 Å². The summed E-state index contributed by atoms with van der Waals surface area (Å²) in [4.78, 5) is 25.8. The van der Waals surface area contributed by atoms with E-state index in [4.69, 9.17) is 4.42 Å². The number of ketones is 1. The number of alkyl halides is 2. The van der Waals surface area contributed by atoms with Crippen LogP contribution in [-0.2, 0) is 0 Å². The van der Waals surface area contributed by atoms with E-state index in [0.29, 0.717) is 0 Å². The molecule has 1 saturated heterocycles. The lowest BCUT2D eigenvalue weighted by atomic mass is 10.0. The summed E-state index contributed by atoms with van der Waals surface area (Å²) in [6, 6.07) is 2.03. The third kappa shape index (κ3) is 2.79. The van der Waals surface area contributed by atoms with E-state index in [1.165, 1.54) is 13.8 Å². The van der Waals surface area contributed by atoms with Crippen LogP contribution in [0.3, 0.4) is 0 Å². The number of carbonyl (C=O) groups excluding carboxylic acids is 1. The van der Waals surface area contributed by atoms with E-state index in [-0.39, 0.29) is 53.9 Å². The molecule has 0 N–H and O–H groups in total. The molecule has 4 nitrogen and oxygen atoms in total. The van der Waals surface area contributed by atoms with Gasteiger partial charge in [0.05, 0.1) is 16.5 Å². The maximum absolute atomic E-state index is 13.7. The Balaban J connectivity index is 2.18. The van der Waals surface area contributed by atoms with Crippen LogP contribution in [0.2, 0.25) is 0 Å². The lowest BCUT2D eigenvalue weighted by Crippen LogP contribution is -2.40. The van der Waals surface area contributed by atoms with Crippen LogP contribution in [0.4, 0.5) is 19.1 Å². The Kier molecular flexibility index (Phi) is 3.89. The average molecular weight is 339 g/mol. The van der Waals surface area contributed by atoms with Crippen LogP contribution in [0, 0.1) is 12.7 Å². The topological polar surface area (TPSA) is 50.5 Å². The highest BCUT2D eigenvalue weighted by molar-refractivity contribution is 6.05. The number of hydrogen-bond acceptors (Lipinski definition) is 4. The fraction of sp³-hybridized carbons (Fsp3) is 0.412. The van der Waals surface area contributed by atoms with Crippen LogP contribution < -0.4 is 10.3 Å². The van der Waals surface area contributed by atoms with Gasteiger partial charge >= 0.3 is 0 Å². The van der Waals surface area contributed by atoms with Gasteiger partial charge in [-0.2, -0.15) is 0 Å². The van der Waals surface area contributed by atoms with Gasteiger partial charge in [-0.1, -0.05) is 0 Å². The molecule has 0 unspecified atom stereocenters. The number of anilines is 1. The van der Waals surface area contributed by atoms with E-state index in [9.17, 15) is 22.8 Å². The molecule has 1 aliphatic heterocycles. The molecule has 0 spiro atoms. The van der Waals surface area contributed by atoms with Crippen molar-refractivity contribution in [3.63, 3.8) is 0 Å². The summed E-state index contributed by atoms with van der Waals surface area (Å²) in [5.41, 5.74) is -0.295. The normalized spacial score (nSPS) is 17.3. The van der Waals surface area contributed by atoms with Gasteiger partial charge in [0.1, 0.15) is 5.82 Å². The molecule has 24 heavy (non-hydrogen) atoms. The van der Waals surface area contributed by atoms with Crippen molar-refractivity contribution in [2.24, 2.45) is 0 Å². The van der Waals surface area contributed by atoms with Gasteiger partial charge < -0.3 is 9.32 Å². The van der Waals surface area contributed by atoms with E-state index in [2.05, 4.69) is 0 Å². The van der Waals surface area contributed by atoms with Crippen LogP contribution >= 0.6 is 0 Å². The second-order valence-corrected chi connectivity index (χ2v) is 6.09. The fourth-order valence-corrected chi connectivity index (χ4v) is 2.94. The molecule has 0 saturated carbocycles. The zero-order chi connectivity index (χ0) is 17.6. The molecule has 7 heteroatoms. The highest BCUT2D eigenvalue weighted by Crippen LogP contribution is 2.33. The van der Waals surface area contributed by atoms with Gasteiger partial charge in [0.2, 0.25) is 5.88 Å². The first-order valence-corrected chi connectivity index (χ1v) is 7.60. The third-order valence-electron chi connectivity index (χ3n) is 4.32. The molecule has 0 aliphatic carbocycles. The van der Waals surface area contributed by atoms with Crippen molar-refractivity contribution >= 4 is 22.6 Å². The van der Waals surface area contributed by atoms with Gasteiger partial charge in [0.25, 0.3) is 5.92 Å². The SMILES string of the molecule is CC(=O)c1cc(F)cc2c(=O)c(C)c(N3CCC(F)(F)CC3)oc12. The van der Waals surface area contributed by atoms with Gasteiger partial charge in [0, 0.05) is 25.9 Å². The quantitative estimate of drug-likeness (QED) is 0.783. The number of fused-ring (bicyclic) bond motifs is 1. The third-order valence-corrected chi connectivity index (χ3v) is 4.32. The lowest BCUT2D eigenvalue weighted by Gasteiger charge is -2.32. The van der Waals surface area contributed by atoms with Crippen LogP contribution in [0.15, 0.2) is 21.3 Å². The van der Waals surface area contributed by atoms with Gasteiger partial charge in [-0.05, 0) is 26.0 Å².